The molecular weight excluding hydrogens is 356 g/mol. The predicted octanol–water partition coefficient (Wildman–Crippen LogP) is 3.76. The van der Waals surface area contributed by atoms with Crippen LogP contribution < -0.4 is 4.74 Å². The first-order valence-electron chi connectivity index (χ1n) is 9.80. The summed E-state index contributed by atoms with van der Waals surface area (Å²) in [5.41, 5.74) is -1.19. The first-order chi connectivity index (χ1) is 13.1. The summed E-state index contributed by atoms with van der Waals surface area (Å²) in [6.45, 7) is 7.89. The van der Waals surface area contributed by atoms with Gasteiger partial charge in [0.2, 0.25) is 0 Å². The highest BCUT2D eigenvalue weighted by atomic mass is 16.6. The number of allylic oxidation sites excluding steroid dienone is 2. The van der Waals surface area contributed by atoms with Gasteiger partial charge >= 0.3 is 0 Å². The molecule has 5 heteroatoms. The second kappa shape index (κ2) is 5.15. The summed E-state index contributed by atoms with van der Waals surface area (Å²) < 4.78 is 13.1. The van der Waals surface area contributed by atoms with Crippen LogP contribution >= 0.6 is 0 Å². The molecule has 1 aromatic carbocycles. The van der Waals surface area contributed by atoms with Crippen molar-refractivity contribution in [2.24, 2.45) is 11.8 Å². The second-order valence-corrected chi connectivity index (χ2v) is 9.18. The Bertz CT molecular complexity index is 996. The molecule has 2 aliphatic heterocycles. The molecular formula is C23H24O5. The van der Waals surface area contributed by atoms with Gasteiger partial charge in [0, 0.05) is 23.8 Å². The summed E-state index contributed by atoms with van der Waals surface area (Å²) in [7, 11) is 0. The number of ketones is 2. The van der Waals surface area contributed by atoms with Crippen molar-refractivity contribution in [2.75, 3.05) is 0 Å². The monoisotopic (exact) mass is 380 g/mol. The number of phenols is 1. The highest BCUT2D eigenvalue weighted by molar-refractivity contribution is 6.17. The van der Waals surface area contributed by atoms with E-state index >= 15 is 0 Å². The van der Waals surface area contributed by atoms with E-state index < -0.39 is 16.8 Å². The Labute approximate surface area is 164 Å². The van der Waals surface area contributed by atoms with Gasteiger partial charge < -0.3 is 14.6 Å². The van der Waals surface area contributed by atoms with Gasteiger partial charge in [-0.3, -0.25) is 9.59 Å². The quantitative estimate of drug-likeness (QED) is 0.791. The lowest BCUT2D eigenvalue weighted by Gasteiger charge is -2.56. The number of carbonyl (C=O) groups excluding carboxylic acids is 2. The van der Waals surface area contributed by atoms with E-state index in [-0.39, 0.29) is 34.9 Å². The minimum Gasteiger partial charge on any atom is -0.504 e. The molecule has 1 spiro atoms. The van der Waals surface area contributed by atoms with E-state index in [0.29, 0.717) is 24.0 Å². The van der Waals surface area contributed by atoms with E-state index in [1.165, 1.54) is 6.07 Å². The molecule has 0 amide bonds. The maximum absolute atomic E-state index is 13.6. The standard InChI is InChI=1S/C23H24O5/c1-12(2)8-9-22-20(26)13-10-15-18(25)14-6-5-7-16(24)19(14)27-23(15,22)17(11-13)21(3,4)28-22/h5-8,10,13,17,24H,9,11H2,1-4H3. The van der Waals surface area contributed by atoms with Gasteiger partial charge in [-0.15, -0.1) is 0 Å². The lowest BCUT2D eigenvalue weighted by molar-refractivity contribution is -0.171. The third-order valence-corrected chi connectivity index (χ3v) is 6.90. The zero-order chi connectivity index (χ0) is 20.1. The minimum absolute atomic E-state index is 0.0257. The Hall–Kier alpha value is -2.40. The lowest BCUT2D eigenvalue weighted by atomic mass is 9.51. The van der Waals surface area contributed by atoms with Crippen LogP contribution in [-0.4, -0.2) is 33.5 Å². The number of rotatable bonds is 2. The summed E-state index contributed by atoms with van der Waals surface area (Å²) in [6.07, 6.45) is 4.71. The molecule has 3 aliphatic carbocycles. The molecule has 2 heterocycles. The summed E-state index contributed by atoms with van der Waals surface area (Å²) in [5, 5.41) is 10.4. The number of hydrogen-bond acceptors (Lipinski definition) is 5. The highest BCUT2D eigenvalue weighted by Crippen LogP contribution is 2.67. The van der Waals surface area contributed by atoms with Crippen LogP contribution in [0.3, 0.4) is 0 Å². The van der Waals surface area contributed by atoms with E-state index in [4.69, 9.17) is 9.47 Å². The summed E-state index contributed by atoms with van der Waals surface area (Å²) >= 11 is 0. The molecule has 28 heavy (non-hydrogen) atoms. The van der Waals surface area contributed by atoms with E-state index in [2.05, 4.69) is 0 Å². The van der Waals surface area contributed by atoms with Gasteiger partial charge in [-0.1, -0.05) is 23.8 Å². The number of para-hydroxylation sites is 1. The first-order valence-corrected chi connectivity index (χ1v) is 9.80. The third-order valence-electron chi connectivity index (χ3n) is 6.90. The zero-order valence-electron chi connectivity index (χ0n) is 16.5. The normalized spacial score (nSPS) is 36.4. The van der Waals surface area contributed by atoms with Crippen LogP contribution in [0, 0.1) is 11.8 Å². The Balaban J connectivity index is 1.83. The van der Waals surface area contributed by atoms with Crippen molar-refractivity contribution in [2.45, 2.75) is 57.3 Å². The smallest absolute Gasteiger partial charge is 0.196 e. The number of ether oxygens (including phenoxy) is 2. The Morgan fingerprint density at radius 2 is 2.04 bits per heavy atom. The van der Waals surface area contributed by atoms with Crippen molar-refractivity contribution in [3.8, 4) is 11.5 Å². The van der Waals surface area contributed by atoms with Crippen molar-refractivity contribution in [1.29, 1.82) is 0 Å². The molecule has 4 bridgehead atoms. The summed E-state index contributed by atoms with van der Waals surface area (Å²) in [6, 6.07) is 4.80. The van der Waals surface area contributed by atoms with E-state index in [0.717, 1.165) is 5.57 Å². The first kappa shape index (κ1) is 17.7. The number of fused-ring (bicyclic) bond motifs is 1. The highest BCUT2D eigenvalue weighted by Gasteiger charge is 2.81. The fourth-order valence-corrected chi connectivity index (χ4v) is 5.80. The van der Waals surface area contributed by atoms with E-state index in [9.17, 15) is 14.7 Å². The average molecular weight is 380 g/mol. The molecule has 4 atom stereocenters. The SMILES string of the molecule is CC(C)=CCC12OC(C)(C)C3CC(C=C4C(=O)c5cccc(O)c5OC431)C2=O. The Morgan fingerprint density at radius 3 is 2.75 bits per heavy atom. The lowest BCUT2D eigenvalue weighted by Crippen LogP contribution is -2.72. The van der Waals surface area contributed by atoms with E-state index in [1.807, 2.05) is 33.8 Å². The molecule has 5 nitrogen and oxygen atoms in total. The van der Waals surface area contributed by atoms with Crippen molar-refractivity contribution in [3.05, 3.63) is 47.1 Å². The molecule has 2 fully saturated rings. The number of benzene rings is 1. The van der Waals surface area contributed by atoms with Crippen molar-refractivity contribution in [3.63, 3.8) is 0 Å². The molecule has 1 N–H and O–H groups in total. The largest absolute Gasteiger partial charge is 0.504 e. The predicted molar refractivity (Wildman–Crippen MR) is 102 cm³/mol. The van der Waals surface area contributed by atoms with Crippen LogP contribution in [0.2, 0.25) is 0 Å². The summed E-state index contributed by atoms with van der Waals surface area (Å²) in [4.78, 5) is 27.0. The zero-order valence-corrected chi connectivity index (χ0v) is 16.5. The van der Waals surface area contributed by atoms with Crippen LogP contribution in [0.15, 0.2) is 41.5 Å². The van der Waals surface area contributed by atoms with Crippen LogP contribution in [0.25, 0.3) is 0 Å². The molecule has 6 rings (SSSR count). The summed E-state index contributed by atoms with van der Waals surface area (Å²) in [5.74, 6) is -0.644. The van der Waals surface area contributed by atoms with Crippen LogP contribution in [0.5, 0.6) is 11.5 Å². The fraction of sp³-hybridized carbons (Fsp3) is 0.478. The van der Waals surface area contributed by atoms with Crippen LogP contribution in [0.1, 0.15) is 50.9 Å². The number of carbonyl (C=O) groups is 2. The molecule has 146 valence electrons. The Kier molecular flexibility index (Phi) is 3.25. The van der Waals surface area contributed by atoms with Gasteiger partial charge in [-0.25, -0.2) is 0 Å². The van der Waals surface area contributed by atoms with Crippen molar-refractivity contribution < 1.29 is 24.2 Å². The number of Topliss-reactive ketones (excluding diaryl/α,β-unsaturated/α-hetero) is 2. The van der Waals surface area contributed by atoms with Gasteiger partial charge in [0.15, 0.2) is 34.3 Å². The Morgan fingerprint density at radius 1 is 1.29 bits per heavy atom. The molecule has 1 aromatic rings. The third kappa shape index (κ3) is 1.81. The maximum atomic E-state index is 13.6. The minimum atomic E-state index is -1.26. The number of aromatic hydroxyl groups is 1. The fourth-order valence-electron chi connectivity index (χ4n) is 5.80. The van der Waals surface area contributed by atoms with Crippen LogP contribution in [0.4, 0.5) is 0 Å². The maximum Gasteiger partial charge on any atom is 0.196 e. The molecule has 5 aliphatic rings. The average Bonchev–Trinajstić information content (AvgIpc) is 2.79. The van der Waals surface area contributed by atoms with E-state index in [1.54, 1.807) is 18.2 Å². The number of hydrogen-bond donors (Lipinski definition) is 1. The number of phenolic OH excluding ortho intramolecular Hbond substituents is 1. The topological polar surface area (TPSA) is 72.8 Å². The molecule has 1 saturated carbocycles. The molecule has 0 aromatic heterocycles. The van der Waals surface area contributed by atoms with Crippen molar-refractivity contribution >= 4 is 11.6 Å². The van der Waals surface area contributed by atoms with Gasteiger partial charge in [-0.2, -0.15) is 0 Å². The van der Waals surface area contributed by atoms with Gasteiger partial charge in [0.05, 0.1) is 11.2 Å². The molecule has 4 unspecified atom stereocenters. The molecule has 1 saturated heterocycles. The van der Waals surface area contributed by atoms with Crippen LogP contribution in [-0.2, 0) is 9.53 Å². The second-order valence-electron chi connectivity index (χ2n) is 9.18. The van der Waals surface area contributed by atoms with Crippen molar-refractivity contribution in [1.82, 2.24) is 0 Å². The molecule has 0 radical (unpaired) electrons. The van der Waals surface area contributed by atoms with Gasteiger partial charge in [0.1, 0.15) is 0 Å². The van der Waals surface area contributed by atoms with Gasteiger partial charge in [-0.05, 0) is 46.2 Å². The van der Waals surface area contributed by atoms with Gasteiger partial charge in [0.25, 0.3) is 0 Å².